The van der Waals surface area contributed by atoms with E-state index in [4.69, 9.17) is 0 Å². The minimum absolute atomic E-state index is 0.0511. The summed E-state index contributed by atoms with van der Waals surface area (Å²) >= 11 is 4.55. The molecule has 26 heavy (non-hydrogen) atoms. The number of hydrogen-bond acceptors (Lipinski definition) is 4. The van der Waals surface area contributed by atoms with Crippen LogP contribution in [-0.2, 0) is 14.8 Å². The van der Waals surface area contributed by atoms with Crippen LogP contribution in [0.2, 0.25) is 0 Å². The van der Waals surface area contributed by atoms with Gasteiger partial charge in [-0.3, -0.25) is 4.79 Å². The van der Waals surface area contributed by atoms with Gasteiger partial charge in [0.15, 0.2) is 0 Å². The van der Waals surface area contributed by atoms with Crippen molar-refractivity contribution in [1.29, 1.82) is 0 Å². The summed E-state index contributed by atoms with van der Waals surface area (Å²) in [5.41, 5.74) is 0. The molecule has 1 aliphatic carbocycles. The number of sulfonamides is 1. The van der Waals surface area contributed by atoms with Crippen LogP contribution >= 0.6 is 27.3 Å². The zero-order valence-electron chi connectivity index (χ0n) is 15.2. The number of nitrogens with zero attached hydrogens (tertiary/aromatic N) is 2. The lowest BCUT2D eigenvalue weighted by Gasteiger charge is -2.35. The van der Waals surface area contributed by atoms with E-state index < -0.39 is 10.0 Å². The number of thiophene rings is 1. The van der Waals surface area contributed by atoms with E-state index in [0.717, 1.165) is 16.6 Å². The molecule has 0 atom stereocenters. The number of rotatable bonds is 4. The molecule has 0 radical (unpaired) electrons. The van der Waals surface area contributed by atoms with Crippen molar-refractivity contribution in [3.05, 3.63) is 15.9 Å². The molecule has 1 saturated heterocycles. The summed E-state index contributed by atoms with van der Waals surface area (Å²) in [6.45, 7) is 0.847. The Bertz CT molecular complexity index is 719. The summed E-state index contributed by atoms with van der Waals surface area (Å²) in [6, 6.07) is 3.76. The highest BCUT2D eigenvalue weighted by molar-refractivity contribution is 9.11. The van der Waals surface area contributed by atoms with Gasteiger partial charge in [-0.05, 0) is 53.7 Å². The van der Waals surface area contributed by atoms with Crippen molar-refractivity contribution in [2.24, 2.45) is 5.92 Å². The Labute approximate surface area is 168 Å². The SMILES string of the molecule is CN(C(=O)C1CCN(S(=O)(=O)c2ccc(Br)s2)CC1)C1CCCCCC1. The van der Waals surface area contributed by atoms with Gasteiger partial charge in [0.05, 0.1) is 3.79 Å². The van der Waals surface area contributed by atoms with E-state index in [1.165, 1.54) is 41.3 Å². The Morgan fingerprint density at radius 3 is 2.27 bits per heavy atom. The third-order valence-corrected chi connectivity index (χ3v) is 9.66. The lowest BCUT2D eigenvalue weighted by Crippen LogP contribution is -2.45. The Kier molecular flexibility index (Phi) is 6.80. The fraction of sp³-hybridized carbons (Fsp3) is 0.722. The van der Waals surface area contributed by atoms with Crippen molar-refractivity contribution in [1.82, 2.24) is 9.21 Å². The van der Waals surface area contributed by atoms with Crippen LogP contribution in [0.1, 0.15) is 51.4 Å². The van der Waals surface area contributed by atoms with Gasteiger partial charge in [0.25, 0.3) is 10.0 Å². The first-order valence-electron chi connectivity index (χ1n) is 9.42. The smallest absolute Gasteiger partial charge is 0.252 e. The van der Waals surface area contributed by atoms with Crippen LogP contribution in [0.15, 0.2) is 20.1 Å². The first-order valence-corrected chi connectivity index (χ1v) is 12.5. The topological polar surface area (TPSA) is 57.7 Å². The molecule has 1 saturated carbocycles. The number of carbonyl (C=O) groups excluding carboxylic acids is 1. The molecule has 0 aromatic carbocycles. The van der Waals surface area contributed by atoms with Gasteiger partial charge in [0.2, 0.25) is 5.91 Å². The summed E-state index contributed by atoms with van der Waals surface area (Å²) in [5.74, 6) is 0.151. The predicted molar refractivity (Wildman–Crippen MR) is 108 cm³/mol. The zero-order chi connectivity index (χ0) is 18.7. The van der Waals surface area contributed by atoms with E-state index in [1.807, 2.05) is 11.9 Å². The maximum Gasteiger partial charge on any atom is 0.252 e. The molecule has 2 fully saturated rings. The maximum absolute atomic E-state index is 12.9. The van der Waals surface area contributed by atoms with Crippen LogP contribution in [0.4, 0.5) is 0 Å². The summed E-state index contributed by atoms with van der Waals surface area (Å²) < 4.78 is 28.1. The average molecular weight is 463 g/mol. The van der Waals surface area contributed by atoms with Crippen molar-refractivity contribution >= 4 is 43.2 Å². The van der Waals surface area contributed by atoms with Crippen molar-refractivity contribution in [2.75, 3.05) is 20.1 Å². The summed E-state index contributed by atoms with van der Waals surface area (Å²) in [6.07, 6.45) is 8.38. The highest BCUT2D eigenvalue weighted by atomic mass is 79.9. The first kappa shape index (κ1) is 20.3. The van der Waals surface area contributed by atoms with E-state index in [2.05, 4.69) is 15.9 Å². The number of hydrogen-bond donors (Lipinski definition) is 0. The average Bonchev–Trinajstić information content (AvgIpc) is 2.92. The second-order valence-corrected chi connectivity index (χ2v) is 12.0. The van der Waals surface area contributed by atoms with E-state index in [9.17, 15) is 13.2 Å². The standard InChI is InChI=1S/C18H27BrN2O3S2/c1-20(15-6-4-2-3-5-7-15)18(22)14-10-12-21(13-11-14)26(23,24)17-9-8-16(19)25-17/h8-9,14-15H,2-7,10-13H2,1H3. The molecule has 0 unspecified atom stereocenters. The highest BCUT2D eigenvalue weighted by Gasteiger charge is 2.35. The Balaban J connectivity index is 1.58. The minimum Gasteiger partial charge on any atom is -0.343 e. The molecular weight excluding hydrogens is 436 g/mol. The van der Waals surface area contributed by atoms with Crippen LogP contribution < -0.4 is 0 Å². The largest absolute Gasteiger partial charge is 0.343 e. The Hall–Kier alpha value is -0.440. The van der Waals surface area contributed by atoms with Crippen molar-refractivity contribution in [2.45, 2.75) is 61.6 Å². The van der Waals surface area contributed by atoms with E-state index in [0.29, 0.717) is 36.2 Å². The Morgan fingerprint density at radius 2 is 1.73 bits per heavy atom. The van der Waals surface area contributed by atoms with Crippen LogP contribution in [0.5, 0.6) is 0 Å². The number of piperidine rings is 1. The van der Waals surface area contributed by atoms with E-state index >= 15 is 0 Å². The lowest BCUT2D eigenvalue weighted by atomic mass is 9.95. The lowest BCUT2D eigenvalue weighted by molar-refractivity contribution is -0.137. The van der Waals surface area contributed by atoms with Crippen LogP contribution in [0.25, 0.3) is 0 Å². The van der Waals surface area contributed by atoms with Crippen LogP contribution in [0.3, 0.4) is 0 Å². The first-order chi connectivity index (χ1) is 12.4. The number of amides is 1. The quantitative estimate of drug-likeness (QED) is 0.632. The normalized spacial score (nSPS) is 21.5. The fourth-order valence-corrected chi connectivity index (χ4v) is 7.65. The third-order valence-electron chi connectivity index (χ3n) is 5.67. The molecule has 2 heterocycles. The minimum atomic E-state index is -3.44. The number of carbonyl (C=O) groups is 1. The molecular formula is C18H27BrN2O3S2. The highest BCUT2D eigenvalue weighted by Crippen LogP contribution is 2.31. The van der Waals surface area contributed by atoms with Crippen molar-refractivity contribution in [3.8, 4) is 0 Å². The van der Waals surface area contributed by atoms with Gasteiger partial charge in [0, 0.05) is 32.1 Å². The maximum atomic E-state index is 12.9. The zero-order valence-corrected chi connectivity index (χ0v) is 18.4. The molecule has 0 spiro atoms. The Morgan fingerprint density at radius 1 is 1.12 bits per heavy atom. The molecule has 1 aromatic rings. The van der Waals surface area contributed by atoms with Gasteiger partial charge < -0.3 is 4.90 Å². The summed E-state index contributed by atoms with van der Waals surface area (Å²) in [4.78, 5) is 14.8. The van der Waals surface area contributed by atoms with Gasteiger partial charge in [-0.25, -0.2) is 8.42 Å². The van der Waals surface area contributed by atoms with Crippen LogP contribution in [-0.4, -0.2) is 49.7 Å². The molecule has 5 nitrogen and oxygen atoms in total. The molecule has 3 rings (SSSR count). The number of halogens is 1. The molecule has 2 aliphatic rings. The van der Waals surface area contributed by atoms with Gasteiger partial charge >= 0.3 is 0 Å². The fourth-order valence-electron chi connectivity index (χ4n) is 4.02. The van der Waals surface area contributed by atoms with Gasteiger partial charge in [-0.2, -0.15) is 4.31 Å². The van der Waals surface area contributed by atoms with Crippen molar-refractivity contribution < 1.29 is 13.2 Å². The summed E-state index contributed by atoms with van der Waals surface area (Å²) in [5, 5.41) is 0. The molecule has 8 heteroatoms. The predicted octanol–water partition coefficient (Wildman–Crippen LogP) is 4.09. The molecule has 146 valence electrons. The van der Waals surface area contributed by atoms with Gasteiger partial charge in [0.1, 0.15) is 4.21 Å². The van der Waals surface area contributed by atoms with Crippen LogP contribution in [0, 0.1) is 5.92 Å². The third kappa shape index (κ3) is 4.51. The second kappa shape index (κ2) is 8.71. The molecule has 0 N–H and O–H groups in total. The van der Waals surface area contributed by atoms with E-state index in [-0.39, 0.29) is 11.8 Å². The van der Waals surface area contributed by atoms with Gasteiger partial charge in [-0.15, -0.1) is 11.3 Å². The van der Waals surface area contributed by atoms with Gasteiger partial charge in [-0.1, -0.05) is 25.7 Å². The summed E-state index contributed by atoms with van der Waals surface area (Å²) in [7, 11) is -1.50. The molecule has 1 aromatic heterocycles. The second-order valence-electron chi connectivity index (χ2n) is 7.33. The van der Waals surface area contributed by atoms with Crippen molar-refractivity contribution in [3.63, 3.8) is 0 Å². The molecule has 1 aliphatic heterocycles. The monoisotopic (exact) mass is 462 g/mol. The molecule has 0 bridgehead atoms. The van der Waals surface area contributed by atoms with E-state index in [1.54, 1.807) is 12.1 Å². The molecule has 1 amide bonds.